The molecule has 0 aliphatic rings. The van der Waals surface area contributed by atoms with E-state index in [1.165, 1.54) is 0 Å². The van der Waals surface area contributed by atoms with Gasteiger partial charge in [-0.2, -0.15) is 4.98 Å². The highest BCUT2D eigenvalue weighted by molar-refractivity contribution is 7.09. The number of nitrogens with two attached hydrogens (primary N) is 1. The Hall–Kier alpha value is -1.27. The summed E-state index contributed by atoms with van der Waals surface area (Å²) < 4.78 is 4.88. The van der Waals surface area contributed by atoms with Crippen LogP contribution in [-0.4, -0.2) is 15.1 Å². The van der Waals surface area contributed by atoms with Crippen molar-refractivity contribution in [2.24, 2.45) is 5.73 Å². The minimum Gasteiger partial charge on any atom is -0.338 e. The molecule has 2 rings (SSSR count). The van der Waals surface area contributed by atoms with Gasteiger partial charge in [-0.1, -0.05) is 5.16 Å². The molecular weight excluding hydrogens is 200 g/mol. The summed E-state index contributed by atoms with van der Waals surface area (Å²) in [6.07, 6.45) is 0.605. The normalized spacial score (nSPS) is 10.7. The SMILES string of the molecule is Cc1nc(Cc2noc(CN)n2)cs1. The lowest BCUT2D eigenvalue weighted by molar-refractivity contribution is 0.375. The molecule has 2 aromatic rings. The van der Waals surface area contributed by atoms with E-state index in [1.807, 2.05) is 12.3 Å². The van der Waals surface area contributed by atoms with E-state index in [4.69, 9.17) is 10.3 Å². The largest absolute Gasteiger partial charge is 0.338 e. The molecule has 0 atom stereocenters. The number of aromatic nitrogens is 3. The molecule has 6 heteroatoms. The summed E-state index contributed by atoms with van der Waals surface area (Å²) in [5, 5.41) is 6.83. The third kappa shape index (κ3) is 1.97. The van der Waals surface area contributed by atoms with Crippen LogP contribution in [0.4, 0.5) is 0 Å². The van der Waals surface area contributed by atoms with Gasteiger partial charge >= 0.3 is 0 Å². The topological polar surface area (TPSA) is 77.8 Å². The molecule has 5 nitrogen and oxygen atoms in total. The predicted octanol–water partition coefficient (Wildman–Crippen LogP) is 0.884. The standard InChI is InChI=1S/C8H10N4OS/c1-5-10-6(4-14-5)2-7-11-8(3-9)13-12-7/h4H,2-3,9H2,1H3. The number of aryl methyl sites for hydroxylation is 1. The molecule has 0 aliphatic heterocycles. The quantitative estimate of drug-likeness (QED) is 0.813. The fourth-order valence-corrected chi connectivity index (χ4v) is 1.71. The van der Waals surface area contributed by atoms with Crippen LogP contribution in [0.5, 0.6) is 0 Å². The van der Waals surface area contributed by atoms with Gasteiger partial charge in [0, 0.05) is 5.38 Å². The molecular formula is C8H10N4OS. The Morgan fingerprint density at radius 3 is 2.93 bits per heavy atom. The predicted molar refractivity (Wildman–Crippen MR) is 51.8 cm³/mol. The Bertz CT molecular complexity index is 422. The zero-order valence-electron chi connectivity index (χ0n) is 7.73. The number of nitrogens with zero attached hydrogens (tertiary/aromatic N) is 3. The van der Waals surface area contributed by atoms with Gasteiger partial charge < -0.3 is 10.3 Å². The molecule has 0 aromatic carbocycles. The van der Waals surface area contributed by atoms with Gasteiger partial charge in [0.25, 0.3) is 0 Å². The van der Waals surface area contributed by atoms with Crippen molar-refractivity contribution in [1.82, 2.24) is 15.1 Å². The van der Waals surface area contributed by atoms with Gasteiger partial charge in [-0.25, -0.2) is 4.98 Å². The van der Waals surface area contributed by atoms with Crippen LogP contribution < -0.4 is 5.73 Å². The average molecular weight is 210 g/mol. The first kappa shape index (κ1) is 9.29. The van der Waals surface area contributed by atoms with Crippen LogP contribution in [0.1, 0.15) is 22.4 Å². The molecule has 0 saturated carbocycles. The first-order valence-corrected chi connectivity index (χ1v) is 5.08. The molecule has 0 bridgehead atoms. The third-order valence-corrected chi connectivity index (χ3v) is 2.51. The molecule has 0 fully saturated rings. The maximum absolute atomic E-state index is 5.35. The van der Waals surface area contributed by atoms with Gasteiger partial charge in [-0.15, -0.1) is 11.3 Å². The van der Waals surface area contributed by atoms with Crippen LogP contribution in [0.25, 0.3) is 0 Å². The van der Waals surface area contributed by atoms with Gasteiger partial charge in [-0.05, 0) is 6.92 Å². The number of hydrogen-bond donors (Lipinski definition) is 1. The monoisotopic (exact) mass is 210 g/mol. The molecule has 0 spiro atoms. The fourth-order valence-electron chi connectivity index (χ4n) is 1.10. The van der Waals surface area contributed by atoms with E-state index >= 15 is 0 Å². The lowest BCUT2D eigenvalue weighted by Gasteiger charge is -1.86. The zero-order valence-corrected chi connectivity index (χ0v) is 8.54. The van der Waals surface area contributed by atoms with Crippen molar-refractivity contribution in [3.8, 4) is 0 Å². The van der Waals surface area contributed by atoms with E-state index in [9.17, 15) is 0 Å². The highest BCUT2D eigenvalue weighted by Crippen LogP contribution is 2.11. The highest BCUT2D eigenvalue weighted by atomic mass is 32.1. The highest BCUT2D eigenvalue weighted by Gasteiger charge is 2.07. The van der Waals surface area contributed by atoms with Gasteiger partial charge in [0.1, 0.15) is 0 Å². The van der Waals surface area contributed by atoms with Gasteiger partial charge in [-0.3, -0.25) is 0 Å². The Kier molecular flexibility index (Phi) is 2.55. The van der Waals surface area contributed by atoms with Crippen LogP contribution in [0, 0.1) is 6.92 Å². The van der Waals surface area contributed by atoms with Gasteiger partial charge in [0.2, 0.25) is 5.89 Å². The van der Waals surface area contributed by atoms with Crippen LogP contribution in [0.2, 0.25) is 0 Å². The van der Waals surface area contributed by atoms with Crippen LogP contribution in [-0.2, 0) is 13.0 Å². The van der Waals surface area contributed by atoms with E-state index in [0.717, 1.165) is 10.7 Å². The molecule has 2 aromatic heterocycles. The summed E-state index contributed by atoms with van der Waals surface area (Å²) in [5.74, 6) is 1.10. The number of thiazole rings is 1. The second-order valence-electron chi connectivity index (χ2n) is 2.84. The smallest absolute Gasteiger partial charge is 0.240 e. The molecule has 0 radical (unpaired) electrons. The van der Waals surface area contributed by atoms with E-state index < -0.39 is 0 Å². The van der Waals surface area contributed by atoms with Crippen molar-refractivity contribution in [3.05, 3.63) is 27.8 Å². The summed E-state index contributed by atoms with van der Waals surface area (Å²) in [7, 11) is 0. The Labute approximate surface area is 85.0 Å². The maximum atomic E-state index is 5.35. The maximum Gasteiger partial charge on any atom is 0.240 e. The summed E-state index contributed by atoms with van der Waals surface area (Å²) in [6, 6.07) is 0. The van der Waals surface area contributed by atoms with Gasteiger partial charge in [0.15, 0.2) is 5.82 Å². The Balaban J connectivity index is 2.10. The fraction of sp³-hybridized carbons (Fsp3) is 0.375. The molecule has 74 valence electrons. The van der Waals surface area contributed by atoms with Crippen LogP contribution >= 0.6 is 11.3 Å². The Morgan fingerprint density at radius 2 is 2.36 bits per heavy atom. The lowest BCUT2D eigenvalue weighted by atomic mass is 10.3. The summed E-state index contributed by atoms with van der Waals surface area (Å²) >= 11 is 1.61. The average Bonchev–Trinajstić information content (AvgIpc) is 2.76. The molecule has 0 unspecified atom stereocenters. The molecule has 2 N–H and O–H groups in total. The molecule has 2 heterocycles. The molecule has 0 amide bonds. The Morgan fingerprint density at radius 1 is 1.50 bits per heavy atom. The minimum atomic E-state index is 0.281. The van der Waals surface area contributed by atoms with Crippen molar-refractivity contribution >= 4 is 11.3 Å². The van der Waals surface area contributed by atoms with Crippen molar-refractivity contribution < 1.29 is 4.52 Å². The second kappa shape index (κ2) is 3.85. The van der Waals surface area contributed by atoms with Crippen LogP contribution in [0.3, 0.4) is 0 Å². The zero-order chi connectivity index (χ0) is 9.97. The molecule has 14 heavy (non-hydrogen) atoms. The number of rotatable bonds is 3. The van der Waals surface area contributed by atoms with E-state index in [-0.39, 0.29) is 6.54 Å². The van der Waals surface area contributed by atoms with Gasteiger partial charge in [0.05, 0.1) is 23.7 Å². The molecule has 0 saturated heterocycles. The first-order valence-electron chi connectivity index (χ1n) is 4.20. The van der Waals surface area contributed by atoms with E-state index in [1.54, 1.807) is 11.3 Å². The summed E-state index contributed by atoms with van der Waals surface area (Å²) in [6.45, 7) is 2.25. The van der Waals surface area contributed by atoms with Crippen molar-refractivity contribution in [1.29, 1.82) is 0 Å². The minimum absolute atomic E-state index is 0.281. The summed E-state index contributed by atoms with van der Waals surface area (Å²) in [4.78, 5) is 8.40. The second-order valence-corrected chi connectivity index (χ2v) is 3.91. The number of hydrogen-bond acceptors (Lipinski definition) is 6. The van der Waals surface area contributed by atoms with Crippen molar-refractivity contribution in [2.75, 3.05) is 0 Å². The van der Waals surface area contributed by atoms with Crippen molar-refractivity contribution in [3.63, 3.8) is 0 Å². The van der Waals surface area contributed by atoms with E-state index in [0.29, 0.717) is 18.1 Å². The van der Waals surface area contributed by atoms with Crippen molar-refractivity contribution in [2.45, 2.75) is 19.9 Å². The van der Waals surface area contributed by atoms with Crippen LogP contribution in [0.15, 0.2) is 9.90 Å². The van der Waals surface area contributed by atoms with E-state index in [2.05, 4.69) is 15.1 Å². The summed E-state index contributed by atoms with van der Waals surface area (Å²) in [5.41, 5.74) is 6.32. The lowest BCUT2D eigenvalue weighted by Crippen LogP contribution is -1.97. The molecule has 0 aliphatic carbocycles. The third-order valence-electron chi connectivity index (χ3n) is 1.69. The first-order chi connectivity index (χ1) is 6.78.